The maximum absolute atomic E-state index is 5.74. The van der Waals surface area contributed by atoms with Crippen molar-refractivity contribution >= 4 is 33.1 Å². The molecule has 0 unspecified atom stereocenters. The van der Waals surface area contributed by atoms with Crippen molar-refractivity contribution in [1.82, 2.24) is 4.98 Å². The Morgan fingerprint density at radius 3 is 2.71 bits per heavy atom. The van der Waals surface area contributed by atoms with E-state index in [-0.39, 0.29) is 6.79 Å². The van der Waals surface area contributed by atoms with Crippen LogP contribution in [0.25, 0.3) is 10.6 Å². The molecule has 2 heterocycles. The predicted molar refractivity (Wildman–Crippen MR) is 70.5 cm³/mol. The van der Waals surface area contributed by atoms with Gasteiger partial charge in [0.05, 0.1) is 0 Å². The van der Waals surface area contributed by atoms with Crippen LogP contribution in [0.2, 0.25) is 0 Å². The van der Waals surface area contributed by atoms with Crippen molar-refractivity contribution in [2.75, 3.05) is 12.5 Å². The van der Waals surface area contributed by atoms with E-state index in [1.807, 2.05) is 19.1 Å². The minimum atomic E-state index is 0.280. The number of hydrogen-bond donors (Lipinski definition) is 1. The lowest BCUT2D eigenvalue weighted by atomic mass is 10.1. The topological polar surface area (TPSA) is 57.4 Å². The molecule has 2 N–H and O–H groups in total. The molecule has 1 aromatic heterocycles. The lowest BCUT2D eigenvalue weighted by molar-refractivity contribution is 0.174. The maximum atomic E-state index is 5.74. The first kappa shape index (κ1) is 10.9. The summed E-state index contributed by atoms with van der Waals surface area (Å²) in [5, 5.41) is 0.880. The Kier molecular flexibility index (Phi) is 2.48. The number of aromatic nitrogens is 1. The molecule has 0 aliphatic carbocycles. The standard InChI is InChI=1S/C11H9BrN2O2S/c1-5-2-7-8(16-4-15-7)3-6(5)11-14-10(13)9(12)17-11/h2-3H,4,13H2,1H3. The zero-order valence-electron chi connectivity index (χ0n) is 8.99. The molecule has 0 fully saturated rings. The first-order chi connectivity index (χ1) is 8.15. The van der Waals surface area contributed by atoms with Gasteiger partial charge in [-0.25, -0.2) is 4.98 Å². The molecule has 4 nitrogen and oxygen atoms in total. The lowest BCUT2D eigenvalue weighted by Crippen LogP contribution is -1.92. The van der Waals surface area contributed by atoms with Crippen LogP contribution in [-0.4, -0.2) is 11.8 Å². The Labute approximate surface area is 111 Å². The average molecular weight is 313 g/mol. The summed E-state index contributed by atoms with van der Waals surface area (Å²) in [5.41, 5.74) is 7.86. The number of aryl methyl sites for hydroxylation is 1. The number of nitrogen functional groups attached to an aromatic ring is 1. The van der Waals surface area contributed by atoms with Gasteiger partial charge in [-0.15, -0.1) is 11.3 Å². The molecule has 0 atom stereocenters. The third-order valence-corrected chi connectivity index (χ3v) is 4.34. The van der Waals surface area contributed by atoms with Gasteiger partial charge in [-0.3, -0.25) is 0 Å². The number of hydrogen-bond acceptors (Lipinski definition) is 5. The van der Waals surface area contributed by atoms with E-state index < -0.39 is 0 Å². The number of anilines is 1. The molecule has 0 saturated carbocycles. The molecule has 6 heteroatoms. The van der Waals surface area contributed by atoms with Crippen LogP contribution in [0.3, 0.4) is 0 Å². The lowest BCUT2D eigenvalue weighted by Gasteiger charge is -2.04. The van der Waals surface area contributed by atoms with Gasteiger partial charge in [0.2, 0.25) is 6.79 Å². The van der Waals surface area contributed by atoms with E-state index >= 15 is 0 Å². The summed E-state index contributed by atoms with van der Waals surface area (Å²) in [4.78, 5) is 4.32. The second-order valence-corrected chi connectivity index (χ2v) is 6.02. The summed E-state index contributed by atoms with van der Waals surface area (Å²) < 4.78 is 11.5. The van der Waals surface area contributed by atoms with Crippen molar-refractivity contribution in [3.8, 4) is 22.1 Å². The van der Waals surface area contributed by atoms with Crippen molar-refractivity contribution in [3.05, 3.63) is 21.5 Å². The van der Waals surface area contributed by atoms with E-state index in [0.717, 1.165) is 31.4 Å². The van der Waals surface area contributed by atoms with Crippen LogP contribution < -0.4 is 15.2 Å². The highest BCUT2D eigenvalue weighted by molar-refractivity contribution is 9.11. The number of ether oxygens (including phenoxy) is 2. The van der Waals surface area contributed by atoms with Gasteiger partial charge in [0, 0.05) is 5.56 Å². The summed E-state index contributed by atoms with van der Waals surface area (Å²) in [6, 6.07) is 3.91. The predicted octanol–water partition coefficient (Wildman–Crippen LogP) is 3.19. The van der Waals surface area contributed by atoms with Gasteiger partial charge in [-0.2, -0.15) is 0 Å². The molecule has 1 aromatic carbocycles. The van der Waals surface area contributed by atoms with Crippen LogP contribution in [0.5, 0.6) is 11.5 Å². The molecular formula is C11H9BrN2O2S. The van der Waals surface area contributed by atoms with Crippen molar-refractivity contribution in [3.63, 3.8) is 0 Å². The molecule has 3 rings (SSSR count). The van der Waals surface area contributed by atoms with Crippen molar-refractivity contribution in [2.45, 2.75) is 6.92 Å². The fraction of sp³-hybridized carbons (Fsp3) is 0.182. The van der Waals surface area contributed by atoms with Gasteiger partial charge < -0.3 is 15.2 Å². The smallest absolute Gasteiger partial charge is 0.231 e. The number of nitrogens with two attached hydrogens (primary N) is 1. The van der Waals surface area contributed by atoms with Gasteiger partial charge in [0.1, 0.15) is 14.6 Å². The second-order valence-electron chi connectivity index (χ2n) is 3.70. The third kappa shape index (κ3) is 1.77. The van der Waals surface area contributed by atoms with Crippen LogP contribution in [0.4, 0.5) is 5.82 Å². The summed E-state index contributed by atoms with van der Waals surface area (Å²) >= 11 is 4.89. The molecule has 2 aromatic rings. The SMILES string of the molecule is Cc1cc2c(cc1-c1nc(N)c(Br)s1)OCO2. The van der Waals surface area contributed by atoms with Gasteiger partial charge >= 0.3 is 0 Å². The van der Waals surface area contributed by atoms with Crippen molar-refractivity contribution < 1.29 is 9.47 Å². The van der Waals surface area contributed by atoms with Crippen LogP contribution in [0, 0.1) is 6.92 Å². The van der Waals surface area contributed by atoms with E-state index in [1.54, 1.807) is 0 Å². The van der Waals surface area contributed by atoms with Crippen molar-refractivity contribution in [2.24, 2.45) is 0 Å². The minimum Gasteiger partial charge on any atom is -0.454 e. The Morgan fingerprint density at radius 1 is 1.35 bits per heavy atom. The second kappa shape index (κ2) is 3.89. The molecule has 1 aliphatic heterocycles. The van der Waals surface area contributed by atoms with Crippen LogP contribution in [0.15, 0.2) is 15.9 Å². The highest BCUT2D eigenvalue weighted by Crippen LogP contribution is 2.41. The molecule has 0 bridgehead atoms. The average Bonchev–Trinajstić information content (AvgIpc) is 2.85. The van der Waals surface area contributed by atoms with E-state index in [4.69, 9.17) is 15.2 Å². The Bertz CT molecular complexity index is 578. The monoisotopic (exact) mass is 312 g/mol. The third-order valence-electron chi connectivity index (χ3n) is 2.56. The highest BCUT2D eigenvalue weighted by atomic mass is 79.9. The number of rotatable bonds is 1. The number of nitrogens with zero attached hydrogens (tertiary/aromatic N) is 1. The van der Waals surface area contributed by atoms with Crippen LogP contribution >= 0.6 is 27.3 Å². The zero-order chi connectivity index (χ0) is 12.0. The molecule has 0 saturated heterocycles. The van der Waals surface area contributed by atoms with Crippen LogP contribution in [-0.2, 0) is 0 Å². The minimum absolute atomic E-state index is 0.280. The fourth-order valence-corrected chi connectivity index (χ4v) is 3.05. The summed E-state index contributed by atoms with van der Waals surface area (Å²) in [5.74, 6) is 2.06. The van der Waals surface area contributed by atoms with Gasteiger partial charge in [-0.1, -0.05) is 0 Å². The molecule has 0 amide bonds. The summed E-state index contributed by atoms with van der Waals surface area (Å²) in [6.45, 7) is 2.30. The molecular weight excluding hydrogens is 304 g/mol. The molecule has 88 valence electrons. The van der Waals surface area contributed by atoms with Crippen molar-refractivity contribution in [1.29, 1.82) is 0 Å². The summed E-state index contributed by atoms with van der Waals surface area (Å²) in [6.07, 6.45) is 0. The fourth-order valence-electron chi connectivity index (χ4n) is 1.70. The van der Waals surface area contributed by atoms with Gasteiger partial charge in [0.25, 0.3) is 0 Å². The van der Waals surface area contributed by atoms with Crippen LogP contribution in [0.1, 0.15) is 5.56 Å². The first-order valence-corrected chi connectivity index (χ1v) is 6.58. The number of halogens is 1. The highest BCUT2D eigenvalue weighted by Gasteiger charge is 2.18. The largest absolute Gasteiger partial charge is 0.454 e. The number of benzene rings is 1. The zero-order valence-corrected chi connectivity index (χ0v) is 11.4. The van der Waals surface area contributed by atoms with Gasteiger partial charge in [0.15, 0.2) is 11.5 Å². The van der Waals surface area contributed by atoms with E-state index in [0.29, 0.717) is 5.82 Å². The van der Waals surface area contributed by atoms with E-state index in [9.17, 15) is 0 Å². The maximum Gasteiger partial charge on any atom is 0.231 e. The number of fused-ring (bicyclic) bond motifs is 1. The van der Waals surface area contributed by atoms with Gasteiger partial charge in [-0.05, 0) is 40.5 Å². The summed E-state index contributed by atoms with van der Waals surface area (Å²) in [7, 11) is 0. The normalized spacial score (nSPS) is 13.1. The Morgan fingerprint density at radius 2 is 2.06 bits per heavy atom. The molecule has 0 spiro atoms. The molecule has 1 aliphatic rings. The van der Waals surface area contributed by atoms with E-state index in [2.05, 4.69) is 20.9 Å². The molecule has 17 heavy (non-hydrogen) atoms. The Hall–Kier alpha value is -1.27. The Balaban J connectivity index is 2.14. The molecule has 0 radical (unpaired) electrons. The van der Waals surface area contributed by atoms with E-state index in [1.165, 1.54) is 11.3 Å². The number of thiazole rings is 1. The quantitative estimate of drug-likeness (QED) is 0.878. The first-order valence-electron chi connectivity index (χ1n) is 4.97.